The lowest BCUT2D eigenvalue weighted by Gasteiger charge is -2.08. The van der Waals surface area contributed by atoms with Gasteiger partial charge in [-0.1, -0.05) is 11.6 Å². The summed E-state index contributed by atoms with van der Waals surface area (Å²) >= 11 is 7.18. The van der Waals surface area contributed by atoms with Gasteiger partial charge >= 0.3 is 0 Å². The van der Waals surface area contributed by atoms with Crippen molar-refractivity contribution in [2.24, 2.45) is 0 Å². The zero-order valence-corrected chi connectivity index (χ0v) is 11.6. The van der Waals surface area contributed by atoms with Crippen LogP contribution in [0.15, 0.2) is 24.4 Å². The molecule has 2 aromatic heterocycles. The SMILES string of the molecule is CNc1ncc(F)cc1C(=O)NCc1ccc(Cl)s1. The molecule has 0 saturated carbocycles. The van der Waals surface area contributed by atoms with E-state index in [-0.39, 0.29) is 11.5 Å². The molecule has 0 fully saturated rings. The van der Waals surface area contributed by atoms with E-state index in [2.05, 4.69) is 15.6 Å². The van der Waals surface area contributed by atoms with Crippen LogP contribution in [0.2, 0.25) is 4.34 Å². The van der Waals surface area contributed by atoms with Crippen molar-refractivity contribution in [1.82, 2.24) is 10.3 Å². The molecule has 1 amide bonds. The molecule has 0 bridgehead atoms. The molecule has 2 heterocycles. The molecule has 19 heavy (non-hydrogen) atoms. The summed E-state index contributed by atoms with van der Waals surface area (Å²) in [5, 5.41) is 5.45. The zero-order chi connectivity index (χ0) is 13.8. The van der Waals surface area contributed by atoms with Crippen LogP contribution in [0.1, 0.15) is 15.2 Å². The van der Waals surface area contributed by atoms with Crippen LogP contribution in [0.25, 0.3) is 0 Å². The lowest BCUT2D eigenvalue weighted by Crippen LogP contribution is -2.23. The summed E-state index contributed by atoms with van der Waals surface area (Å²) in [6.07, 6.45) is 1.06. The van der Waals surface area contributed by atoms with Gasteiger partial charge < -0.3 is 10.6 Å². The number of anilines is 1. The van der Waals surface area contributed by atoms with Crippen LogP contribution in [0, 0.1) is 5.82 Å². The summed E-state index contributed by atoms with van der Waals surface area (Å²) in [4.78, 5) is 16.7. The average Bonchev–Trinajstić information content (AvgIpc) is 2.81. The Bertz CT molecular complexity index is 602. The predicted octanol–water partition coefficient (Wildman–Crippen LogP) is 2.91. The topological polar surface area (TPSA) is 54.0 Å². The number of amides is 1. The summed E-state index contributed by atoms with van der Waals surface area (Å²) in [6, 6.07) is 4.74. The van der Waals surface area contributed by atoms with Gasteiger partial charge in [-0.05, 0) is 18.2 Å². The minimum Gasteiger partial charge on any atom is -0.372 e. The highest BCUT2D eigenvalue weighted by atomic mass is 35.5. The number of pyridine rings is 1. The van der Waals surface area contributed by atoms with Crippen LogP contribution in [0.4, 0.5) is 10.2 Å². The number of hydrogen-bond donors (Lipinski definition) is 2. The van der Waals surface area contributed by atoms with Gasteiger partial charge in [-0.3, -0.25) is 4.79 Å². The first-order chi connectivity index (χ1) is 9.10. The molecule has 2 N–H and O–H groups in total. The third kappa shape index (κ3) is 3.42. The highest BCUT2D eigenvalue weighted by molar-refractivity contribution is 7.16. The number of halogens is 2. The van der Waals surface area contributed by atoms with Crippen molar-refractivity contribution in [3.8, 4) is 0 Å². The number of nitrogens with one attached hydrogen (secondary N) is 2. The fourth-order valence-corrected chi connectivity index (χ4v) is 2.55. The van der Waals surface area contributed by atoms with Crippen LogP contribution in [-0.2, 0) is 6.54 Å². The van der Waals surface area contributed by atoms with Gasteiger partial charge in [0, 0.05) is 11.9 Å². The van der Waals surface area contributed by atoms with Crippen LogP contribution in [-0.4, -0.2) is 17.9 Å². The number of carbonyl (C=O) groups is 1. The first kappa shape index (κ1) is 13.8. The number of thiophene rings is 1. The number of rotatable bonds is 4. The molecule has 0 radical (unpaired) electrons. The highest BCUT2D eigenvalue weighted by Crippen LogP contribution is 2.21. The Morgan fingerprint density at radius 2 is 2.32 bits per heavy atom. The average molecular weight is 300 g/mol. The van der Waals surface area contributed by atoms with Crippen molar-refractivity contribution in [3.63, 3.8) is 0 Å². The van der Waals surface area contributed by atoms with Gasteiger partial charge in [-0.15, -0.1) is 11.3 Å². The second-order valence-corrected chi connectivity index (χ2v) is 5.49. The Hall–Kier alpha value is -1.66. The van der Waals surface area contributed by atoms with E-state index in [0.29, 0.717) is 16.7 Å². The molecule has 0 atom stereocenters. The van der Waals surface area contributed by atoms with Gasteiger partial charge in [0.25, 0.3) is 5.91 Å². The Kier molecular flexibility index (Phi) is 4.34. The van der Waals surface area contributed by atoms with Crippen molar-refractivity contribution in [2.45, 2.75) is 6.54 Å². The summed E-state index contributed by atoms with van der Waals surface area (Å²) in [6.45, 7) is 0.343. The molecule has 0 spiro atoms. The van der Waals surface area contributed by atoms with Crippen molar-refractivity contribution in [2.75, 3.05) is 12.4 Å². The Morgan fingerprint density at radius 1 is 1.53 bits per heavy atom. The maximum absolute atomic E-state index is 13.1. The molecule has 2 rings (SSSR count). The lowest BCUT2D eigenvalue weighted by atomic mass is 10.2. The molecule has 4 nitrogen and oxygen atoms in total. The number of carbonyl (C=O) groups excluding carboxylic acids is 1. The second kappa shape index (κ2) is 5.99. The third-order valence-electron chi connectivity index (χ3n) is 2.39. The quantitative estimate of drug-likeness (QED) is 0.913. The normalized spacial score (nSPS) is 10.3. The summed E-state index contributed by atoms with van der Waals surface area (Å²) < 4.78 is 13.8. The first-order valence-corrected chi connectivity index (χ1v) is 6.65. The third-order valence-corrected chi connectivity index (χ3v) is 3.62. The number of aromatic nitrogens is 1. The van der Waals surface area contributed by atoms with E-state index in [1.54, 1.807) is 13.1 Å². The maximum atomic E-state index is 13.1. The van der Waals surface area contributed by atoms with Crippen molar-refractivity contribution >= 4 is 34.7 Å². The fraction of sp³-hybridized carbons (Fsp3) is 0.167. The Balaban J connectivity index is 2.09. The van der Waals surface area contributed by atoms with Crippen molar-refractivity contribution in [3.05, 3.63) is 45.0 Å². The Labute approximate surface area is 118 Å². The molecule has 2 aromatic rings. The summed E-state index contributed by atoms with van der Waals surface area (Å²) in [5.41, 5.74) is 0.171. The second-order valence-electron chi connectivity index (χ2n) is 3.69. The molecular weight excluding hydrogens is 289 g/mol. The molecule has 0 saturated heterocycles. The molecule has 7 heteroatoms. The maximum Gasteiger partial charge on any atom is 0.255 e. The van der Waals surface area contributed by atoms with Crippen LogP contribution in [0.3, 0.4) is 0 Å². The Morgan fingerprint density at radius 3 is 2.95 bits per heavy atom. The molecular formula is C12H11ClFN3OS. The van der Waals surface area contributed by atoms with E-state index in [0.717, 1.165) is 17.1 Å². The highest BCUT2D eigenvalue weighted by Gasteiger charge is 2.13. The smallest absolute Gasteiger partial charge is 0.255 e. The molecule has 0 aliphatic rings. The summed E-state index contributed by atoms with van der Waals surface area (Å²) in [5.74, 6) is -0.604. The molecule has 0 aromatic carbocycles. The standard InChI is InChI=1S/C12H11ClFN3OS/c1-15-11-9(4-7(14)5-16-11)12(18)17-6-8-2-3-10(13)19-8/h2-5H,6H2,1H3,(H,15,16)(H,17,18). The predicted molar refractivity (Wildman–Crippen MR) is 74.2 cm³/mol. The van der Waals surface area contributed by atoms with E-state index >= 15 is 0 Å². The zero-order valence-electron chi connectivity index (χ0n) is 10.0. The van der Waals surface area contributed by atoms with Gasteiger partial charge in [0.1, 0.15) is 11.6 Å². The minimum absolute atomic E-state index is 0.171. The van der Waals surface area contributed by atoms with Gasteiger partial charge in [0.05, 0.1) is 22.6 Å². The van der Waals surface area contributed by atoms with Crippen LogP contribution in [0.5, 0.6) is 0 Å². The lowest BCUT2D eigenvalue weighted by molar-refractivity contribution is 0.0951. The molecule has 100 valence electrons. The van der Waals surface area contributed by atoms with Crippen molar-refractivity contribution in [1.29, 1.82) is 0 Å². The molecule has 0 aliphatic carbocycles. The molecule has 0 aliphatic heterocycles. The van der Waals surface area contributed by atoms with Gasteiger partial charge in [0.15, 0.2) is 0 Å². The monoisotopic (exact) mass is 299 g/mol. The first-order valence-electron chi connectivity index (χ1n) is 5.46. The molecule has 0 unspecified atom stereocenters. The van der Waals surface area contributed by atoms with Crippen LogP contribution >= 0.6 is 22.9 Å². The van der Waals surface area contributed by atoms with E-state index in [1.165, 1.54) is 11.3 Å². The van der Waals surface area contributed by atoms with E-state index in [1.807, 2.05) is 6.07 Å². The van der Waals surface area contributed by atoms with Gasteiger partial charge in [0.2, 0.25) is 0 Å². The van der Waals surface area contributed by atoms with E-state index < -0.39 is 5.82 Å². The summed E-state index contributed by atoms with van der Waals surface area (Å²) in [7, 11) is 1.62. The van der Waals surface area contributed by atoms with Gasteiger partial charge in [-0.2, -0.15) is 0 Å². The van der Waals surface area contributed by atoms with E-state index in [9.17, 15) is 9.18 Å². The van der Waals surface area contributed by atoms with E-state index in [4.69, 9.17) is 11.6 Å². The minimum atomic E-state index is -0.552. The largest absolute Gasteiger partial charge is 0.372 e. The fourth-order valence-electron chi connectivity index (χ4n) is 1.52. The van der Waals surface area contributed by atoms with Crippen molar-refractivity contribution < 1.29 is 9.18 Å². The number of hydrogen-bond acceptors (Lipinski definition) is 4. The van der Waals surface area contributed by atoms with Gasteiger partial charge in [-0.25, -0.2) is 9.37 Å². The van der Waals surface area contributed by atoms with Crippen LogP contribution < -0.4 is 10.6 Å². The number of nitrogens with zero attached hydrogens (tertiary/aromatic N) is 1.